The molecule has 1 aromatic heterocycles. The smallest absolute Gasteiger partial charge is 0.336 e. The van der Waals surface area contributed by atoms with Crippen LogP contribution in [0.4, 0.5) is 5.69 Å². The van der Waals surface area contributed by atoms with E-state index in [2.05, 4.69) is 10.3 Å². The molecular weight excluding hydrogens is 284 g/mol. The van der Waals surface area contributed by atoms with Crippen LogP contribution in [0.15, 0.2) is 18.3 Å². The molecule has 1 aliphatic rings. The van der Waals surface area contributed by atoms with Crippen LogP contribution in [0.1, 0.15) is 19.8 Å². The van der Waals surface area contributed by atoms with Gasteiger partial charge < -0.3 is 14.8 Å². The molecule has 0 aromatic carbocycles. The SMILES string of the molecule is C[C@@H](OC(=O)[C@H]1CCCO1)C(=O)Nc1cccnc1Cl. The fourth-order valence-electron chi connectivity index (χ4n) is 1.78. The highest BCUT2D eigenvalue weighted by molar-refractivity contribution is 6.32. The van der Waals surface area contributed by atoms with Gasteiger partial charge in [-0.3, -0.25) is 4.79 Å². The highest BCUT2D eigenvalue weighted by Gasteiger charge is 2.28. The molecule has 1 aliphatic heterocycles. The van der Waals surface area contributed by atoms with Crippen LogP contribution in [0, 0.1) is 0 Å². The van der Waals surface area contributed by atoms with Crippen molar-refractivity contribution in [3.05, 3.63) is 23.5 Å². The number of nitrogens with one attached hydrogen (secondary N) is 1. The fourth-order valence-corrected chi connectivity index (χ4v) is 1.95. The van der Waals surface area contributed by atoms with E-state index in [9.17, 15) is 9.59 Å². The van der Waals surface area contributed by atoms with Crippen LogP contribution in [0.2, 0.25) is 5.15 Å². The molecule has 1 amide bonds. The minimum absolute atomic E-state index is 0.179. The van der Waals surface area contributed by atoms with Crippen molar-refractivity contribution in [2.24, 2.45) is 0 Å². The van der Waals surface area contributed by atoms with Crippen molar-refractivity contribution < 1.29 is 19.1 Å². The lowest BCUT2D eigenvalue weighted by molar-refractivity contribution is -0.162. The Bertz CT molecular complexity index is 503. The van der Waals surface area contributed by atoms with Crippen molar-refractivity contribution in [1.29, 1.82) is 0 Å². The highest BCUT2D eigenvalue weighted by Crippen LogP contribution is 2.18. The third-order valence-electron chi connectivity index (χ3n) is 2.87. The first kappa shape index (κ1) is 14.7. The number of esters is 1. The van der Waals surface area contributed by atoms with E-state index in [4.69, 9.17) is 21.1 Å². The molecule has 1 saturated heterocycles. The Labute approximate surface area is 121 Å². The number of nitrogens with zero attached hydrogens (tertiary/aromatic N) is 1. The third kappa shape index (κ3) is 3.68. The number of carbonyl (C=O) groups excluding carboxylic acids is 2. The molecule has 0 unspecified atom stereocenters. The molecule has 7 heteroatoms. The van der Waals surface area contributed by atoms with E-state index in [0.29, 0.717) is 18.7 Å². The Hall–Kier alpha value is -1.66. The van der Waals surface area contributed by atoms with Crippen LogP contribution < -0.4 is 5.32 Å². The summed E-state index contributed by atoms with van der Waals surface area (Å²) >= 11 is 5.83. The fraction of sp³-hybridized carbons (Fsp3) is 0.462. The van der Waals surface area contributed by atoms with E-state index in [-0.39, 0.29) is 5.15 Å². The van der Waals surface area contributed by atoms with E-state index in [1.165, 1.54) is 13.1 Å². The lowest BCUT2D eigenvalue weighted by atomic mass is 10.2. The summed E-state index contributed by atoms with van der Waals surface area (Å²) in [4.78, 5) is 27.5. The standard InChI is InChI=1S/C13H15ClN2O4/c1-8(20-13(18)10-5-3-7-19-10)12(17)16-9-4-2-6-15-11(9)14/h2,4,6,8,10H,3,5,7H2,1H3,(H,16,17)/t8-,10-/m1/s1. The zero-order chi connectivity index (χ0) is 14.5. The molecule has 0 spiro atoms. The van der Waals surface area contributed by atoms with Crippen molar-refractivity contribution in [3.8, 4) is 0 Å². The first-order valence-electron chi connectivity index (χ1n) is 6.31. The van der Waals surface area contributed by atoms with Gasteiger partial charge in [0.2, 0.25) is 0 Å². The van der Waals surface area contributed by atoms with Crippen molar-refractivity contribution in [1.82, 2.24) is 4.98 Å². The quantitative estimate of drug-likeness (QED) is 0.677. The Kier molecular flexibility index (Phi) is 4.92. The van der Waals surface area contributed by atoms with Crippen LogP contribution in [-0.2, 0) is 19.1 Å². The molecule has 1 N–H and O–H groups in total. The van der Waals surface area contributed by atoms with Gasteiger partial charge in [0, 0.05) is 12.8 Å². The Balaban J connectivity index is 1.88. The van der Waals surface area contributed by atoms with E-state index in [0.717, 1.165) is 6.42 Å². The van der Waals surface area contributed by atoms with Gasteiger partial charge in [-0.15, -0.1) is 0 Å². The van der Waals surface area contributed by atoms with Gasteiger partial charge in [0.05, 0.1) is 5.69 Å². The summed E-state index contributed by atoms with van der Waals surface area (Å²) in [6.45, 7) is 2.04. The molecule has 0 bridgehead atoms. The van der Waals surface area contributed by atoms with Crippen molar-refractivity contribution in [3.63, 3.8) is 0 Å². The van der Waals surface area contributed by atoms with E-state index in [1.54, 1.807) is 12.1 Å². The monoisotopic (exact) mass is 298 g/mol. The summed E-state index contributed by atoms with van der Waals surface area (Å²) in [6.07, 6.45) is 1.47. The molecule has 0 radical (unpaired) electrons. The van der Waals surface area contributed by atoms with Gasteiger partial charge in [-0.1, -0.05) is 11.6 Å². The number of anilines is 1. The molecule has 0 saturated carbocycles. The molecule has 108 valence electrons. The predicted molar refractivity (Wildman–Crippen MR) is 72.4 cm³/mol. The van der Waals surface area contributed by atoms with Crippen LogP contribution in [-0.4, -0.2) is 35.7 Å². The average Bonchev–Trinajstić information content (AvgIpc) is 2.95. The topological polar surface area (TPSA) is 77.5 Å². The molecule has 2 rings (SSSR count). The number of carbonyl (C=O) groups is 2. The van der Waals surface area contributed by atoms with E-state index >= 15 is 0 Å². The van der Waals surface area contributed by atoms with Crippen molar-refractivity contribution in [2.45, 2.75) is 32.0 Å². The number of halogens is 1. The predicted octanol–water partition coefficient (Wildman–Crippen LogP) is 1.78. The molecule has 2 atom stereocenters. The van der Waals surface area contributed by atoms with Gasteiger partial charge in [-0.05, 0) is 31.9 Å². The highest BCUT2D eigenvalue weighted by atomic mass is 35.5. The summed E-state index contributed by atoms with van der Waals surface area (Å²) in [5, 5.41) is 2.73. The molecule has 20 heavy (non-hydrogen) atoms. The molecular formula is C13H15ClN2O4. The number of rotatable bonds is 4. The number of ether oxygens (including phenoxy) is 2. The second-order valence-corrected chi connectivity index (χ2v) is 4.77. The number of amides is 1. The normalized spacial score (nSPS) is 19.4. The van der Waals surface area contributed by atoms with Gasteiger partial charge in [0.15, 0.2) is 17.4 Å². The van der Waals surface area contributed by atoms with E-state index in [1.807, 2.05) is 0 Å². The molecule has 6 nitrogen and oxygen atoms in total. The van der Waals surface area contributed by atoms with Crippen molar-refractivity contribution >= 4 is 29.2 Å². The lowest BCUT2D eigenvalue weighted by Crippen LogP contribution is -2.34. The third-order valence-corrected chi connectivity index (χ3v) is 3.17. The minimum Gasteiger partial charge on any atom is -0.451 e. The number of hydrogen-bond acceptors (Lipinski definition) is 5. The van der Waals surface area contributed by atoms with Crippen molar-refractivity contribution in [2.75, 3.05) is 11.9 Å². The number of pyridine rings is 1. The van der Waals surface area contributed by atoms with Gasteiger partial charge in [0.25, 0.3) is 5.91 Å². The Morgan fingerprint density at radius 1 is 1.60 bits per heavy atom. The zero-order valence-corrected chi connectivity index (χ0v) is 11.7. The maximum Gasteiger partial charge on any atom is 0.336 e. The van der Waals surface area contributed by atoms with Crippen LogP contribution in [0.3, 0.4) is 0 Å². The number of hydrogen-bond donors (Lipinski definition) is 1. The Morgan fingerprint density at radius 3 is 3.05 bits per heavy atom. The summed E-state index contributed by atoms with van der Waals surface area (Å²) in [5.74, 6) is -0.978. The molecule has 1 fully saturated rings. The first-order valence-corrected chi connectivity index (χ1v) is 6.69. The van der Waals surface area contributed by atoms with Crippen LogP contribution in [0.5, 0.6) is 0 Å². The van der Waals surface area contributed by atoms with Crippen LogP contribution in [0.25, 0.3) is 0 Å². The summed E-state index contributed by atoms with van der Waals surface area (Å²) in [5.41, 5.74) is 0.374. The maximum atomic E-state index is 11.9. The molecule has 1 aromatic rings. The van der Waals surface area contributed by atoms with Gasteiger partial charge in [-0.25, -0.2) is 9.78 Å². The summed E-state index contributed by atoms with van der Waals surface area (Å²) in [6, 6.07) is 3.26. The van der Waals surface area contributed by atoms with E-state index < -0.39 is 24.1 Å². The summed E-state index contributed by atoms with van der Waals surface area (Å²) < 4.78 is 10.3. The number of aromatic nitrogens is 1. The zero-order valence-electron chi connectivity index (χ0n) is 11.0. The molecule has 2 heterocycles. The minimum atomic E-state index is -0.928. The molecule has 0 aliphatic carbocycles. The largest absolute Gasteiger partial charge is 0.451 e. The van der Waals surface area contributed by atoms with Crippen LogP contribution >= 0.6 is 11.6 Å². The van der Waals surface area contributed by atoms with Gasteiger partial charge in [0.1, 0.15) is 0 Å². The lowest BCUT2D eigenvalue weighted by Gasteiger charge is -2.16. The Morgan fingerprint density at radius 2 is 2.40 bits per heavy atom. The summed E-state index contributed by atoms with van der Waals surface area (Å²) in [7, 11) is 0. The first-order chi connectivity index (χ1) is 9.58. The maximum absolute atomic E-state index is 11.9. The average molecular weight is 299 g/mol. The van der Waals surface area contributed by atoms with Gasteiger partial charge >= 0.3 is 5.97 Å². The second-order valence-electron chi connectivity index (χ2n) is 4.41. The van der Waals surface area contributed by atoms with Gasteiger partial charge in [-0.2, -0.15) is 0 Å². The second kappa shape index (κ2) is 6.67.